The molecule has 1 aliphatic heterocycles. The highest BCUT2D eigenvalue weighted by Crippen LogP contribution is 2.27. The van der Waals surface area contributed by atoms with Gasteiger partial charge in [-0.3, -0.25) is 15.2 Å². The van der Waals surface area contributed by atoms with E-state index in [4.69, 9.17) is 4.74 Å². The van der Waals surface area contributed by atoms with E-state index in [-0.39, 0.29) is 17.9 Å². The Morgan fingerprint density at radius 1 is 1.35 bits per heavy atom. The first-order chi connectivity index (χ1) is 11.3. The molecule has 3 N–H and O–H groups in total. The average molecular weight is 312 g/mol. The Morgan fingerprint density at radius 2 is 2.17 bits per heavy atom. The first-order valence-electron chi connectivity index (χ1n) is 7.57. The van der Waals surface area contributed by atoms with Gasteiger partial charge in [0.25, 0.3) is 0 Å². The van der Waals surface area contributed by atoms with Crippen LogP contribution in [0.5, 0.6) is 5.75 Å². The van der Waals surface area contributed by atoms with Crippen molar-refractivity contribution in [1.82, 2.24) is 21.2 Å². The summed E-state index contributed by atoms with van der Waals surface area (Å²) in [6.07, 6.45) is 3.44. The first kappa shape index (κ1) is 15.5. The number of hydrazine groups is 1. The van der Waals surface area contributed by atoms with Crippen molar-refractivity contribution in [2.45, 2.75) is 12.6 Å². The largest absolute Gasteiger partial charge is 0.497 e. The maximum Gasteiger partial charge on any atom is 0.226 e. The third-order valence-electron chi connectivity index (χ3n) is 3.99. The van der Waals surface area contributed by atoms with Crippen LogP contribution in [-0.4, -0.2) is 24.5 Å². The number of nitrogens with one attached hydrogen (secondary N) is 3. The Labute approximate surface area is 135 Å². The number of hydrogen-bond donors (Lipinski definition) is 3. The Bertz CT molecular complexity index is 663. The van der Waals surface area contributed by atoms with Crippen LogP contribution in [0.3, 0.4) is 0 Å². The minimum atomic E-state index is -0.177. The normalized spacial score (nSPS) is 20.2. The Kier molecular flexibility index (Phi) is 4.85. The molecule has 23 heavy (non-hydrogen) atoms. The summed E-state index contributed by atoms with van der Waals surface area (Å²) in [5.41, 5.74) is 8.31. The van der Waals surface area contributed by atoms with Gasteiger partial charge in [0.1, 0.15) is 5.75 Å². The van der Waals surface area contributed by atoms with Gasteiger partial charge in [-0.15, -0.1) is 0 Å². The lowest BCUT2D eigenvalue weighted by Crippen LogP contribution is -2.34. The predicted molar refractivity (Wildman–Crippen MR) is 86.4 cm³/mol. The molecule has 1 amide bonds. The molecule has 2 heterocycles. The summed E-state index contributed by atoms with van der Waals surface area (Å²) in [4.78, 5) is 16.5. The molecule has 0 bridgehead atoms. The SMILES string of the molecule is COc1cccc(C2NNCC2C(=O)NCc2ccncc2)c1. The molecular weight excluding hydrogens is 292 g/mol. The number of nitrogens with zero attached hydrogens (tertiary/aromatic N) is 1. The van der Waals surface area contributed by atoms with Crippen LogP contribution in [-0.2, 0) is 11.3 Å². The van der Waals surface area contributed by atoms with E-state index in [9.17, 15) is 4.79 Å². The molecule has 1 aromatic heterocycles. The zero-order valence-electron chi connectivity index (χ0n) is 13.0. The van der Waals surface area contributed by atoms with Crippen LogP contribution in [0.15, 0.2) is 48.8 Å². The standard InChI is InChI=1S/C17H20N4O2/c1-23-14-4-2-3-13(9-14)16-15(11-20-21-16)17(22)19-10-12-5-7-18-8-6-12/h2-9,15-16,20-21H,10-11H2,1H3,(H,19,22). The van der Waals surface area contributed by atoms with Gasteiger partial charge in [-0.05, 0) is 35.4 Å². The van der Waals surface area contributed by atoms with Crippen LogP contribution in [0.1, 0.15) is 17.2 Å². The van der Waals surface area contributed by atoms with Gasteiger partial charge < -0.3 is 10.1 Å². The molecule has 1 aromatic carbocycles. The summed E-state index contributed by atoms with van der Waals surface area (Å²) >= 11 is 0. The van der Waals surface area contributed by atoms with Crippen molar-refractivity contribution in [1.29, 1.82) is 0 Å². The van der Waals surface area contributed by atoms with E-state index in [1.54, 1.807) is 19.5 Å². The minimum Gasteiger partial charge on any atom is -0.497 e. The summed E-state index contributed by atoms with van der Waals surface area (Å²) < 4.78 is 5.26. The number of hydrogen-bond acceptors (Lipinski definition) is 5. The third kappa shape index (κ3) is 3.67. The number of pyridine rings is 1. The van der Waals surface area contributed by atoms with E-state index >= 15 is 0 Å². The molecule has 1 saturated heterocycles. The van der Waals surface area contributed by atoms with Gasteiger partial charge in [0, 0.05) is 25.5 Å². The topological polar surface area (TPSA) is 75.3 Å². The second kappa shape index (κ2) is 7.21. The van der Waals surface area contributed by atoms with Crippen molar-refractivity contribution < 1.29 is 9.53 Å². The van der Waals surface area contributed by atoms with Crippen molar-refractivity contribution >= 4 is 5.91 Å². The first-order valence-corrected chi connectivity index (χ1v) is 7.57. The molecule has 3 rings (SSSR count). The predicted octanol–water partition coefficient (Wildman–Crippen LogP) is 1.17. The zero-order valence-corrected chi connectivity index (χ0v) is 13.0. The monoisotopic (exact) mass is 312 g/mol. The van der Waals surface area contributed by atoms with Gasteiger partial charge in [-0.2, -0.15) is 0 Å². The quantitative estimate of drug-likeness (QED) is 0.773. The van der Waals surface area contributed by atoms with Gasteiger partial charge in [0.2, 0.25) is 5.91 Å². The van der Waals surface area contributed by atoms with E-state index < -0.39 is 0 Å². The lowest BCUT2D eigenvalue weighted by Gasteiger charge is -2.19. The maximum absolute atomic E-state index is 12.5. The van der Waals surface area contributed by atoms with E-state index in [2.05, 4.69) is 21.2 Å². The zero-order chi connectivity index (χ0) is 16.1. The molecule has 6 heteroatoms. The molecule has 1 aliphatic rings. The Morgan fingerprint density at radius 3 is 2.96 bits per heavy atom. The summed E-state index contributed by atoms with van der Waals surface area (Å²) in [5, 5.41) is 2.99. The Balaban J connectivity index is 1.67. The number of methoxy groups -OCH3 is 1. The van der Waals surface area contributed by atoms with Crippen LogP contribution in [0.4, 0.5) is 0 Å². The minimum absolute atomic E-state index is 0.0205. The fourth-order valence-electron chi connectivity index (χ4n) is 2.71. The van der Waals surface area contributed by atoms with Crippen LogP contribution in [0.25, 0.3) is 0 Å². The number of amides is 1. The van der Waals surface area contributed by atoms with E-state index in [0.717, 1.165) is 16.9 Å². The molecule has 2 atom stereocenters. The van der Waals surface area contributed by atoms with Gasteiger partial charge in [-0.25, -0.2) is 5.43 Å². The molecule has 0 spiro atoms. The van der Waals surface area contributed by atoms with Crippen LogP contribution in [0.2, 0.25) is 0 Å². The second-order valence-corrected chi connectivity index (χ2v) is 5.46. The van der Waals surface area contributed by atoms with E-state index in [1.807, 2.05) is 36.4 Å². The molecule has 0 saturated carbocycles. The highest BCUT2D eigenvalue weighted by atomic mass is 16.5. The Hall–Kier alpha value is -2.44. The molecular formula is C17H20N4O2. The highest BCUT2D eigenvalue weighted by molar-refractivity contribution is 5.80. The number of aromatic nitrogens is 1. The second-order valence-electron chi connectivity index (χ2n) is 5.46. The van der Waals surface area contributed by atoms with Crippen molar-refractivity contribution in [2.75, 3.05) is 13.7 Å². The van der Waals surface area contributed by atoms with Gasteiger partial charge in [0.15, 0.2) is 0 Å². The summed E-state index contributed by atoms with van der Waals surface area (Å²) in [7, 11) is 1.64. The van der Waals surface area contributed by atoms with Gasteiger partial charge in [0.05, 0.1) is 19.1 Å². The van der Waals surface area contributed by atoms with Crippen molar-refractivity contribution in [3.8, 4) is 5.75 Å². The maximum atomic E-state index is 12.5. The number of ether oxygens (including phenoxy) is 1. The van der Waals surface area contributed by atoms with Crippen LogP contribution < -0.4 is 20.9 Å². The molecule has 1 fully saturated rings. The molecule has 0 radical (unpaired) electrons. The molecule has 6 nitrogen and oxygen atoms in total. The lowest BCUT2D eigenvalue weighted by atomic mass is 9.94. The summed E-state index contributed by atoms with van der Waals surface area (Å²) in [6.45, 7) is 1.09. The highest BCUT2D eigenvalue weighted by Gasteiger charge is 2.33. The summed E-state index contributed by atoms with van der Waals surface area (Å²) in [5.74, 6) is 0.628. The summed E-state index contributed by atoms with van der Waals surface area (Å²) in [6, 6.07) is 11.5. The number of carbonyl (C=O) groups excluding carboxylic acids is 1. The third-order valence-corrected chi connectivity index (χ3v) is 3.99. The van der Waals surface area contributed by atoms with Crippen molar-refractivity contribution in [3.05, 3.63) is 59.9 Å². The van der Waals surface area contributed by atoms with Crippen LogP contribution in [0, 0.1) is 5.92 Å². The fourth-order valence-corrected chi connectivity index (χ4v) is 2.71. The molecule has 2 unspecified atom stereocenters. The molecule has 0 aliphatic carbocycles. The van der Waals surface area contributed by atoms with Crippen LogP contribution >= 0.6 is 0 Å². The van der Waals surface area contributed by atoms with Gasteiger partial charge >= 0.3 is 0 Å². The van der Waals surface area contributed by atoms with Crippen molar-refractivity contribution in [2.24, 2.45) is 5.92 Å². The average Bonchev–Trinajstić information content (AvgIpc) is 3.10. The molecule has 2 aromatic rings. The molecule has 120 valence electrons. The van der Waals surface area contributed by atoms with Gasteiger partial charge in [-0.1, -0.05) is 12.1 Å². The number of benzene rings is 1. The smallest absolute Gasteiger partial charge is 0.226 e. The lowest BCUT2D eigenvalue weighted by molar-refractivity contribution is -0.125. The van der Waals surface area contributed by atoms with E-state index in [1.165, 1.54) is 0 Å². The van der Waals surface area contributed by atoms with E-state index in [0.29, 0.717) is 13.1 Å². The number of carbonyl (C=O) groups is 1. The van der Waals surface area contributed by atoms with Crippen molar-refractivity contribution in [3.63, 3.8) is 0 Å². The number of rotatable bonds is 5. The fraction of sp³-hybridized carbons (Fsp3) is 0.294.